The van der Waals surface area contributed by atoms with Gasteiger partial charge in [-0.15, -0.1) is 16.4 Å². The zero-order valence-electron chi connectivity index (χ0n) is 21.0. The average molecular weight is 528 g/mol. The Kier molecular flexibility index (Phi) is 6.72. The molecule has 6 aromatic rings. The number of aromatic nitrogens is 3. The van der Waals surface area contributed by atoms with Crippen LogP contribution in [0.15, 0.2) is 121 Å². The molecule has 2 heterocycles. The predicted molar refractivity (Wildman–Crippen MR) is 159 cm³/mol. The van der Waals surface area contributed by atoms with Crippen LogP contribution in [0.2, 0.25) is 0 Å². The van der Waals surface area contributed by atoms with E-state index >= 15 is 0 Å². The number of carbonyl (C=O) groups excluding carboxylic acids is 1. The Morgan fingerprint density at radius 2 is 1.51 bits per heavy atom. The van der Waals surface area contributed by atoms with Crippen LogP contribution in [0.1, 0.15) is 15.9 Å². The van der Waals surface area contributed by atoms with Gasteiger partial charge in [-0.3, -0.25) is 4.79 Å². The quantitative estimate of drug-likeness (QED) is 0.215. The molecule has 2 aromatic heterocycles. The molecule has 39 heavy (non-hydrogen) atoms. The largest absolute Gasteiger partial charge is 0.397 e. The Morgan fingerprint density at radius 3 is 2.26 bits per heavy atom. The van der Waals surface area contributed by atoms with Crippen molar-refractivity contribution in [2.75, 3.05) is 11.1 Å². The molecule has 0 saturated carbocycles. The third kappa shape index (κ3) is 5.49. The molecule has 7 heteroatoms. The third-order valence-corrected chi connectivity index (χ3v) is 7.41. The molecule has 190 valence electrons. The van der Waals surface area contributed by atoms with E-state index in [4.69, 9.17) is 5.73 Å². The number of nitrogen functional groups attached to an aromatic ring is 1. The maximum absolute atomic E-state index is 12.9. The SMILES string of the molecule is Nc1ccc(-c2cccs2)cc1NC(=O)c1ccc(-c2cn(Cc3ccc(-c4ccccc4)cc3)nn2)cc1. The van der Waals surface area contributed by atoms with Crippen molar-refractivity contribution in [3.63, 3.8) is 0 Å². The van der Waals surface area contributed by atoms with Crippen LogP contribution in [0.25, 0.3) is 32.8 Å². The predicted octanol–water partition coefficient (Wildman–Crippen LogP) is 7.22. The number of carbonyl (C=O) groups is 1. The first kappa shape index (κ1) is 24.3. The Bertz CT molecular complexity index is 1710. The van der Waals surface area contributed by atoms with Crippen molar-refractivity contribution in [1.82, 2.24) is 15.0 Å². The summed E-state index contributed by atoms with van der Waals surface area (Å²) < 4.78 is 1.82. The molecule has 3 N–H and O–H groups in total. The van der Waals surface area contributed by atoms with Gasteiger partial charge in [0.2, 0.25) is 0 Å². The van der Waals surface area contributed by atoms with Gasteiger partial charge < -0.3 is 11.1 Å². The Balaban J connectivity index is 1.12. The Morgan fingerprint density at radius 1 is 0.795 bits per heavy atom. The van der Waals surface area contributed by atoms with E-state index in [1.54, 1.807) is 23.5 Å². The van der Waals surface area contributed by atoms with Crippen LogP contribution in [-0.2, 0) is 6.54 Å². The van der Waals surface area contributed by atoms with Crippen LogP contribution in [0, 0.1) is 0 Å². The summed E-state index contributed by atoms with van der Waals surface area (Å²) in [6.45, 7) is 0.620. The first-order valence-corrected chi connectivity index (χ1v) is 13.4. The second-order valence-corrected chi connectivity index (χ2v) is 10.1. The van der Waals surface area contributed by atoms with Gasteiger partial charge in [0.15, 0.2) is 0 Å². The molecule has 0 atom stereocenters. The molecule has 0 spiro atoms. The molecule has 6 nitrogen and oxygen atoms in total. The van der Waals surface area contributed by atoms with E-state index in [1.165, 1.54) is 11.1 Å². The normalized spacial score (nSPS) is 10.9. The fourth-order valence-corrected chi connectivity index (χ4v) is 5.10. The summed E-state index contributed by atoms with van der Waals surface area (Å²) in [6.07, 6.45) is 1.91. The van der Waals surface area contributed by atoms with E-state index < -0.39 is 0 Å². The van der Waals surface area contributed by atoms with Crippen molar-refractivity contribution in [1.29, 1.82) is 0 Å². The van der Waals surface area contributed by atoms with E-state index in [-0.39, 0.29) is 5.91 Å². The molecule has 0 saturated heterocycles. The number of nitrogens with one attached hydrogen (secondary N) is 1. The second-order valence-electron chi connectivity index (χ2n) is 9.18. The minimum atomic E-state index is -0.223. The highest BCUT2D eigenvalue weighted by atomic mass is 32.1. The van der Waals surface area contributed by atoms with Crippen molar-refractivity contribution in [3.05, 3.63) is 132 Å². The third-order valence-electron chi connectivity index (χ3n) is 6.49. The fourth-order valence-electron chi connectivity index (χ4n) is 4.38. The molecule has 0 aliphatic carbocycles. The Hall–Kier alpha value is -5.01. The number of thiophene rings is 1. The highest BCUT2D eigenvalue weighted by Gasteiger charge is 2.12. The van der Waals surface area contributed by atoms with Gasteiger partial charge in [0.25, 0.3) is 5.91 Å². The smallest absolute Gasteiger partial charge is 0.255 e. The summed E-state index contributed by atoms with van der Waals surface area (Å²) >= 11 is 1.64. The van der Waals surface area contributed by atoms with Crippen LogP contribution < -0.4 is 11.1 Å². The van der Waals surface area contributed by atoms with Gasteiger partial charge in [0.05, 0.1) is 24.1 Å². The molecular weight excluding hydrogens is 502 g/mol. The molecule has 0 aliphatic rings. The summed E-state index contributed by atoms with van der Waals surface area (Å²) in [7, 11) is 0. The maximum atomic E-state index is 12.9. The number of nitrogens with two attached hydrogens (primary N) is 1. The topological polar surface area (TPSA) is 85.8 Å². The minimum Gasteiger partial charge on any atom is -0.397 e. The van der Waals surface area contributed by atoms with Crippen LogP contribution in [-0.4, -0.2) is 20.9 Å². The number of hydrogen-bond donors (Lipinski definition) is 2. The van der Waals surface area contributed by atoms with Gasteiger partial charge >= 0.3 is 0 Å². The summed E-state index contributed by atoms with van der Waals surface area (Å²) in [5.74, 6) is -0.223. The van der Waals surface area contributed by atoms with Gasteiger partial charge in [0.1, 0.15) is 5.69 Å². The van der Waals surface area contributed by atoms with Crippen LogP contribution in [0.4, 0.5) is 11.4 Å². The van der Waals surface area contributed by atoms with Gasteiger partial charge in [-0.1, -0.05) is 84.1 Å². The number of amides is 1. The molecule has 6 rings (SSSR count). The van der Waals surface area contributed by atoms with Gasteiger partial charge in [-0.2, -0.15) is 0 Å². The van der Waals surface area contributed by atoms with Crippen LogP contribution in [0.3, 0.4) is 0 Å². The zero-order valence-corrected chi connectivity index (χ0v) is 21.8. The average Bonchev–Trinajstić information content (AvgIpc) is 3.68. The number of anilines is 2. The molecule has 0 radical (unpaired) electrons. The van der Waals surface area contributed by atoms with E-state index in [2.05, 4.69) is 52.0 Å². The van der Waals surface area contributed by atoms with E-state index in [9.17, 15) is 4.79 Å². The molecule has 0 unspecified atom stereocenters. The van der Waals surface area contributed by atoms with Gasteiger partial charge in [-0.25, -0.2) is 4.68 Å². The van der Waals surface area contributed by atoms with E-state index in [1.807, 2.05) is 76.9 Å². The van der Waals surface area contributed by atoms with Gasteiger partial charge in [-0.05, 0) is 58.0 Å². The first-order chi connectivity index (χ1) is 19.1. The van der Waals surface area contributed by atoms with Crippen LogP contribution in [0.5, 0.6) is 0 Å². The summed E-state index contributed by atoms with van der Waals surface area (Å²) in [4.78, 5) is 14.1. The number of hydrogen-bond acceptors (Lipinski definition) is 5. The lowest BCUT2D eigenvalue weighted by molar-refractivity contribution is 0.102. The summed E-state index contributed by atoms with van der Waals surface area (Å²) in [5, 5.41) is 13.6. The second kappa shape index (κ2) is 10.8. The molecule has 0 aliphatic heterocycles. The molecule has 4 aromatic carbocycles. The first-order valence-electron chi connectivity index (χ1n) is 12.5. The minimum absolute atomic E-state index is 0.223. The van der Waals surface area contributed by atoms with Crippen molar-refractivity contribution >= 4 is 28.6 Å². The van der Waals surface area contributed by atoms with E-state index in [0.29, 0.717) is 23.5 Å². The standard InChI is InChI=1S/C32H25N5OS/c33-28-17-16-27(31-7-4-18-39-31)19-29(28)34-32(38)26-14-12-25(13-15-26)30-21-37(36-35-30)20-22-8-10-24(11-9-22)23-5-2-1-3-6-23/h1-19,21H,20,33H2,(H,34,38). The molecule has 0 fully saturated rings. The summed E-state index contributed by atoms with van der Waals surface area (Å²) in [5.41, 5.74) is 13.9. The maximum Gasteiger partial charge on any atom is 0.255 e. The highest BCUT2D eigenvalue weighted by molar-refractivity contribution is 7.13. The van der Waals surface area contributed by atoms with Crippen molar-refractivity contribution in [2.24, 2.45) is 0 Å². The summed E-state index contributed by atoms with van der Waals surface area (Å²) in [6, 6.07) is 35.8. The lowest BCUT2D eigenvalue weighted by Gasteiger charge is -2.10. The highest BCUT2D eigenvalue weighted by Crippen LogP contribution is 2.30. The fraction of sp³-hybridized carbons (Fsp3) is 0.0312. The molecule has 0 bridgehead atoms. The van der Waals surface area contributed by atoms with Crippen molar-refractivity contribution < 1.29 is 4.79 Å². The number of nitrogens with zero attached hydrogens (tertiary/aromatic N) is 3. The molecule has 1 amide bonds. The number of benzene rings is 4. The van der Waals surface area contributed by atoms with Crippen molar-refractivity contribution in [2.45, 2.75) is 6.54 Å². The zero-order chi connectivity index (χ0) is 26.6. The lowest BCUT2D eigenvalue weighted by Crippen LogP contribution is -2.13. The monoisotopic (exact) mass is 527 g/mol. The van der Waals surface area contributed by atoms with Crippen LogP contribution >= 0.6 is 11.3 Å². The van der Waals surface area contributed by atoms with Crippen molar-refractivity contribution in [3.8, 4) is 32.8 Å². The van der Waals surface area contributed by atoms with E-state index in [0.717, 1.165) is 27.3 Å². The lowest BCUT2D eigenvalue weighted by atomic mass is 10.0. The number of rotatable bonds is 7. The van der Waals surface area contributed by atoms with Gasteiger partial charge in [0, 0.05) is 16.0 Å². The molecular formula is C32H25N5OS. The Labute approximate surface area is 230 Å².